The van der Waals surface area contributed by atoms with Crippen molar-refractivity contribution >= 4 is 51.2 Å². The van der Waals surface area contributed by atoms with E-state index in [1.54, 1.807) is 19.1 Å². The Hall–Kier alpha value is -2.52. The van der Waals surface area contributed by atoms with Crippen molar-refractivity contribution in [2.24, 2.45) is 0 Å². The highest BCUT2D eigenvalue weighted by Gasteiger charge is 2.23. The fourth-order valence-electron chi connectivity index (χ4n) is 2.23. The summed E-state index contributed by atoms with van der Waals surface area (Å²) in [6, 6.07) is 3.39. The van der Waals surface area contributed by atoms with Crippen molar-refractivity contribution in [3.8, 4) is 0 Å². The van der Waals surface area contributed by atoms with Gasteiger partial charge < -0.3 is 15.4 Å². The fraction of sp³-hybridized carbons (Fsp3) is 0.333. The summed E-state index contributed by atoms with van der Waals surface area (Å²) in [5.41, 5.74) is 0.993. The molecule has 2 rings (SSSR count). The van der Waals surface area contributed by atoms with Gasteiger partial charge in [-0.2, -0.15) is 0 Å². The van der Waals surface area contributed by atoms with Crippen LogP contribution in [0.15, 0.2) is 12.1 Å². The quantitative estimate of drug-likeness (QED) is 0.542. The van der Waals surface area contributed by atoms with Crippen LogP contribution in [-0.4, -0.2) is 30.2 Å². The molecule has 0 bridgehead atoms. The molecule has 0 saturated carbocycles. The normalized spacial score (nSPS) is 10.4. The summed E-state index contributed by atoms with van der Waals surface area (Å²) in [4.78, 5) is 49.1. The molecule has 0 spiro atoms. The van der Waals surface area contributed by atoms with E-state index in [1.165, 1.54) is 36.5 Å². The molecule has 0 aliphatic carbocycles. The van der Waals surface area contributed by atoms with Gasteiger partial charge in [0.15, 0.2) is 6.61 Å². The van der Waals surface area contributed by atoms with E-state index < -0.39 is 12.6 Å². The number of ether oxygens (including phenoxy) is 1. The summed E-state index contributed by atoms with van der Waals surface area (Å²) < 4.78 is 5.17. The molecular formula is C18H20N2O5S2. The number of ketones is 1. The number of rotatable bonds is 7. The minimum atomic E-state index is -0.649. The first-order valence-corrected chi connectivity index (χ1v) is 9.73. The number of amides is 2. The topological polar surface area (TPSA) is 102 Å². The zero-order valence-electron chi connectivity index (χ0n) is 15.4. The predicted octanol–water partition coefficient (Wildman–Crippen LogP) is 3.06. The minimum absolute atomic E-state index is 0.151. The van der Waals surface area contributed by atoms with Crippen molar-refractivity contribution in [3.63, 3.8) is 0 Å². The van der Waals surface area contributed by atoms with Gasteiger partial charge in [-0.1, -0.05) is 0 Å². The van der Waals surface area contributed by atoms with E-state index in [0.717, 1.165) is 15.3 Å². The first kappa shape index (κ1) is 20.8. The molecule has 2 N–H and O–H groups in total. The third-order valence-corrected chi connectivity index (χ3v) is 5.91. The summed E-state index contributed by atoms with van der Waals surface area (Å²) in [7, 11) is 0. The van der Waals surface area contributed by atoms with Crippen molar-refractivity contribution in [2.75, 3.05) is 11.9 Å². The van der Waals surface area contributed by atoms with Crippen LogP contribution in [0, 0.1) is 13.8 Å². The van der Waals surface area contributed by atoms with Crippen LogP contribution in [0.2, 0.25) is 0 Å². The first-order chi connectivity index (χ1) is 12.7. The van der Waals surface area contributed by atoms with Crippen molar-refractivity contribution in [1.82, 2.24) is 5.32 Å². The van der Waals surface area contributed by atoms with Crippen molar-refractivity contribution in [3.05, 3.63) is 37.9 Å². The second-order valence-corrected chi connectivity index (χ2v) is 8.24. The Kier molecular flexibility index (Phi) is 6.86. The fourth-order valence-corrected chi connectivity index (χ4v) is 4.20. The lowest BCUT2D eigenvalue weighted by Crippen LogP contribution is -2.18. The van der Waals surface area contributed by atoms with Gasteiger partial charge in [-0.15, -0.1) is 22.7 Å². The highest BCUT2D eigenvalue weighted by atomic mass is 32.1. The second-order valence-electron chi connectivity index (χ2n) is 5.84. The molecule has 0 aliphatic rings. The van der Waals surface area contributed by atoms with Gasteiger partial charge in [0.1, 0.15) is 5.00 Å². The molecule has 9 heteroatoms. The standard InChI is InChI=1S/C18H20N2O5S2/c1-9-10(2)26-17(20-12(4)22)16(9)18(24)25-8-14(23)15-6-5-13(27-15)7-19-11(3)21/h5-6H,7-8H2,1-4H3,(H,19,21)(H,20,22). The van der Waals surface area contributed by atoms with Crippen LogP contribution in [0.4, 0.5) is 5.00 Å². The lowest BCUT2D eigenvalue weighted by molar-refractivity contribution is -0.119. The Morgan fingerprint density at radius 3 is 2.37 bits per heavy atom. The van der Waals surface area contributed by atoms with Crippen LogP contribution >= 0.6 is 22.7 Å². The molecule has 2 heterocycles. The van der Waals surface area contributed by atoms with E-state index in [2.05, 4.69) is 10.6 Å². The van der Waals surface area contributed by atoms with E-state index in [9.17, 15) is 19.2 Å². The minimum Gasteiger partial charge on any atom is -0.454 e. The van der Waals surface area contributed by atoms with Gasteiger partial charge >= 0.3 is 5.97 Å². The second kappa shape index (κ2) is 8.92. The van der Waals surface area contributed by atoms with E-state index in [0.29, 0.717) is 16.4 Å². The molecule has 2 aromatic heterocycles. The average molecular weight is 409 g/mol. The molecule has 2 amide bonds. The first-order valence-electron chi connectivity index (χ1n) is 8.10. The molecule has 0 radical (unpaired) electrons. The van der Waals surface area contributed by atoms with Crippen LogP contribution in [0.3, 0.4) is 0 Å². The number of Topliss-reactive ketones (excluding diaryl/α,β-unsaturated/α-hetero) is 1. The number of anilines is 1. The summed E-state index contributed by atoms with van der Waals surface area (Å²) >= 11 is 2.53. The summed E-state index contributed by atoms with van der Waals surface area (Å²) in [5, 5.41) is 5.70. The third kappa shape index (κ3) is 5.48. The molecule has 144 valence electrons. The molecule has 0 aliphatic heterocycles. The van der Waals surface area contributed by atoms with Crippen LogP contribution < -0.4 is 10.6 Å². The predicted molar refractivity (Wildman–Crippen MR) is 105 cm³/mol. The Morgan fingerprint density at radius 1 is 1.04 bits per heavy atom. The van der Waals surface area contributed by atoms with Crippen molar-refractivity contribution in [1.29, 1.82) is 0 Å². The SMILES string of the molecule is CC(=O)NCc1ccc(C(=O)COC(=O)c2c(NC(C)=O)sc(C)c2C)s1. The molecule has 27 heavy (non-hydrogen) atoms. The van der Waals surface area contributed by atoms with E-state index >= 15 is 0 Å². The van der Waals surface area contributed by atoms with Gasteiger partial charge in [0.2, 0.25) is 17.6 Å². The molecule has 7 nitrogen and oxygen atoms in total. The molecule has 0 unspecified atom stereocenters. The number of esters is 1. The maximum atomic E-state index is 12.4. The Morgan fingerprint density at radius 2 is 1.74 bits per heavy atom. The number of aryl methyl sites for hydroxylation is 1. The van der Waals surface area contributed by atoms with Crippen LogP contribution in [-0.2, 0) is 20.9 Å². The van der Waals surface area contributed by atoms with Gasteiger partial charge in [0, 0.05) is 23.6 Å². The highest BCUT2D eigenvalue weighted by Crippen LogP contribution is 2.33. The number of nitrogens with one attached hydrogen (secondary N) is 2. The van der Waals surface area contributed by atoms with Gasteiger partial charge in [-0.05, 0) is 31.5 Å². The molecule has 0 aromatic carbocycles. The van der Waals surface area contributed by atoms with Gasteiger partial charge in [-0.25, -0.2) is 4.79 Å². The third-order valence-electron chi connectivity index (χ3n) is 3.66. The van der Waals surface area contributed by atoms with Gasteiger partial charge in [0.25, 0.3) is 0 Å². The van der Waals surface area contributed by atoms with Crippen molar-refractivity contribution in [2.45, 2.75) is 34.2 Å². The van der Waals surface area contributed by atoms with E-state index in [-0.39, 0.29) is 23.2 Å². The molecule has 0 fully saturated rings. The Bertz CT molecular complexity index is 898. The van der Waals surface area contributed by atoms with E-state index in [4.69, 9.17) is 4.74 Å². The smallest absolute Gasteiger partial charge is 0.341 e. The lowest BCUT2D eigenvalue weighted by atomic mass is 10.1. The maximum Gasteiger partial charge on any atom is 0.341 e. The van der Waals surface area contributed by atoms with Crippen LogP contribution in [0.25, 0.3) is 0 Å². The van der Waals surface area contributed by atoms with Crippen LogP contribution in [0.1, 0.15) is 49.2 Å². The number of carbonyl (C=O) groups excluding carboxylic acids is 4. The zero-order chi connectivity index (χ0) is 20.1. The number of hydrogen-bond donors (Lipinski definition) is 2. The lowest BCUT2D eigenvalue weighted by Gasteiger charge is -2.06. The summed E-state index contributed by atoms with van der Waals surface area (Å²) in [6.07, 6.45) is 0. The monoisotopic (exact) mass is 408 g/mol. The molecule has 0 atom stereocenters. The largest absolute Gasteiger partial charge is 0.454 e. The Balaban J connectivity index is 2.02. The highest BCUT2D eigenvalue weighted by molar-refractivity contribution is 7.16. The number of carbonyl (C=O) groups is 4. The number of hydrogen-bond acceptors (Lipinski definition) is 7. The Labute approximate surface area is 164 Å². The molecule has 2 aromatic rings. The summed E-state index contributed by atoms with van der Waals surface area (Å²) in [5.74, 6) is -1.41. The number of thiophene rings is 2. The molecule has 0 saturated heterocycles. The zero-order valence-corrected chi connectivity index (χ0v) is 17.1. The van der Waals surface area contributed by atoms with Gasteiger partial charge in [-0.3, -0.25) is 14.4 Å². The average Bonchev–Trinajstić information content (AvgIpc) is 3.15. The van der Waals surface area contributed by atoms with Gasteiger partial charge in [0.05, 0.1) is 17.0 Å². The van der Waals surface area contributed by atoms with Crippen molar-refractivity contribution < 1.29 is 23.9 Å². The summed E-state index contributed by atoms with van der Waals surface area (Å²) in [6.45, 7) is 6.34. The maximum absolute atomic E-state index is 12.4. The van der Waals surface area contributed by atoms with E-state index in [1.807, 2.05) is 6.92 Å². The van der Waals surface area contributed by atoms with Crippen LogP contribution in [0.5, 0.6) is 0 Å². The molecular weight excluding hydrogens is 388 g/mol.